The van der Waals surface area contributed by atoms with Crippen molar-refractivity contribution in [3.63, 3.8) is 0 Å². The second-order valence-corrected chi connectivity index (χ2v) is 29.8. The lowest BCUT2D eigenvalue weighted by Gasteiger charge is -2.34. The molecular weight excluding hydrogens is 1410 g/mol. The monoisotopic (exact) mass is 1490 g/mol. The molecule has 0 atom stereocenters. The molecule has 0 aliphatic heterocycles. The number of nitrogens with zero attached hydrogens (tertiary/aromatic N) is 2. The molecule has 0 amide bonds. The number of benzene rings is 19. The second-order valence-electron chi connectivity index (χ2n) is 29.8. The van der Waals surface area contributed by atoms with Gasteiger partial charge in [-0.25, -0.2) is 0 Å². The summed E-state index contributed by atoms with van der Waals surface area (Å²) in [6.45, 7) is 0. The van der Waals surface area contributed by atoms with Gasteiger partial charge < -0.3 is 9.80 Å². The first-order valence-electron chi connectivity index (χ1n) is 40.3. The predicted molar refractivity (Wildman–Crippen MR) is 494 cm³/mol. The summed E-state index contributed by atoms with van der Waals surface area (Å²) in [6.07, 6.45) is 0. The molecule has 1 aliphatic carbocycles. The van der Waals surface area contributed by atoms with Gasteiger partial charge in [0.15, 0.2) is 0 Å². The maximum absolute atomic E-state index is 2.41. The molecular formula is C115H82N2. The molecule has 0 aromatic heterocycles. The van der Waals surface area contributed by atoms with E-state index in [9.17, 15) is 0 Å². The van der Waals surface area contributed by atoms with E-state index in [0.717, 1.165) is 34.1 Å². The SMILES string of the molecule is c1ccc(-c2ccc(N(c3ccc(-c4cc(-c5ccccc5)ccc4-c4ccccc4)cc3)c3ccc4c(c3)-c3ccccc3C4(c3ccccc3)c3ccccc3)cc2)cc1.c1ccc(-c2ccc(N(c3ccc(-c4ccccc4)cc3)c3ccc(-c4ccc(-c5cc(-c6ccccc6)ccc5-c5ccccc5)cc4)cc3)cc2)cc1. The van der Waals surface area contributed by atoms with E-state index in [-0.39, 0.29) is 0 Å². The molecule has 2 nitrogen and oxygen atoms in total. The maximum atomic E-state index is 2.41. The van der Waals surface area contributed by atoms with Crippen LogP contribution in [-0.4, -0.2) is 0 Å². The quantitative estimate of drug-likeness (QED) is 0.0845. The van der Waals surface area contributed by atoms with Crippen molar-refractivity contribution in [3.8, 4) is 122 Å². The number of hydrogen-bond donors (Lipinski definition) is 0. The maximum Gasteiger partial charge on any atom is 0.0713 e. The molecule has 0 N–H and O–H groups in total. The van der Waals surface area contributed by atoms with Crippen molar-refractivity contribution in [2.45, 2.75) is 5.41 Å². The Kier molecular flexibility index (Phi) is 20.2. The summed E-state index contributed by atoms with van der Waals surface area (Å²) in [5.74, 6) is 0. The fourth-order valence-corrected chi connectivity index (χ4v) is 17.1. The molecule has 0 radical (unpaired) electrons. The van der Waals surface area contributed by atoms with E-state index in [0.29, 0.717) is 0 Å². The van der Waals surface area contributed by atoms with Gasteiger partial charge in [0.05, 0.1) is 5.41 Å². The largest absolute Gasteiger partial charge is 0.311 e. The van der Waals surface area contributed by atoms with Crippen LogP contribution >= 0.6 is 0 Å². The summed E-state index contributed by atoms with van der Waals surface area (Å²) in [5.41, 5.74) is 37.8. The van der Waals surface area contributed by atoms with E-state index in [4.69, 9.17) is 0 Å². The Hall–Kier alpha value is -15.2. The van der Waals surface area contributed by atoms with E-state index < -0.39 is 5.41 Å². The van der Waals surface area contributed by atoms with Gasteiger partial charge in [-0.1, -0.05) is 413 Å². The van der Waals surface area contributed by atoms with Crippen molar-refractivity contribution in [2.24, 2.45) is 0 Å². The summed E-state index contributed by atoms with van der Waals surface area (Å²) in [7, 11) is 0. The van der Waals surface area contributed by atoms with Crippen LogP contribution in [0, 0.1) is 0 Å². The Bertz CT molecular complexity index is 6420. The molecule has 20 rings (SSSR count). The number of fused-ring (bicyclic) bond motifs is 3. The van der Waals surface area contributed by atoms with E-state index in [1.54, 1.807) is 0 Å². The first-order chi connectivity index (χ1) is 58.0. The zero-order valence-corrected chi connectivity index (χ0v) is 64.7. The topological polar surface area (TPSA) is 6.48 Å². The fourth-order valence-electron chi connectivity index (χ4n) is 17.1. The van der Waals surface area contributed by atoms with Crippen LogP contribution in [0.25, 0.3) is 122 Å². The molecule has 117 heavy (non-hydrogen) atoms. The van der Waals surface area contributed by atoms with Gasteiger partial charge in [0.1, 0.15) is 0 Å². The van der Waals surface area contributed by atoms with Crippen molar-refractivity contribution < 1.29 is 0 Å². The minimum Gasteiger partial charge on any atom is -0.311 e. The first-order valence-corrected chi connectivity index (χ1v) is 40.3. The Morgan fingerprint density at radius 1 is 0.120 bits per heavy atom. The molecule has 552 valence electrons. The van der Waals surface area contributed by atoms with Crippen LogP contribution in [0.15, 0.2) is 497 Å². The average molecular weight is 1490 g/mol. The van der Waals surface area contributed by atoms with Crippen LogP contribution in [0.1, 0.15) is 22.3 Å². The molecule has 0 heterocycles. The molecule has 0 fully saturated rings. The van der Waals surface area contributed by atoms with Gasteiger partial charge in [-0.05, 0) is 230 Å². The Balaban J connectivity index is 0.000000157. The van der Waals surface area contributed by atoms with Gasteiger partial charge in [0.25, 0.3) is 0 Å². The van der Waals surface area contributed by atoms with Crippen molar-refractivity contribution >= 4 is 34.1 Å². The lowest BCUT2D eigenvalue weighted by atomic mass is 9.68. The Labute approximate surface area is 686 Å². The molecule has 2 heteroatoms. The summed E-state index contributed by atoms with van der Waals surface area (Å²) < 4.78 is 0. The van der Waals surface area contributed by atoms with Gasteiger partial charge in [-0.15, -0.1) is 0 Å². The van der Waals surface area contributed by atoms with Gasteiger partial charge in [-0.3, -0.25) is 0 Å². The van der Waals surface area contributed by atoms with Gasteiger partial charge >= 0.3 is 0 Å². The zero-order chi connectivity index (χ0) is 78.1. The van der Waals surface area contributed by atoms with Gasteiger partial charge in [0.2, 0.25) is 0 Å². The molecule has 0 saturated heterocycles. The Morgan fingerprint density at radius 2 is 0.333 bits per heavy atom. The molecule has 0 bridgehead atoms. The van der Waals surface area contributed by atoms with E-state index in [1.165, 1.54) is 145 Å². The van der Waals surface area contributed by atoms with Crippen molar-refractivity contribution in [1.82, 2.24) is 0 Å². The lowest BCUT2D eigenvalue weighted by Crippen LogP contribution is -2.28. The van der Waals surface area contributed by atoms with Crippen LogP contribution in [0.2, 0.25) is 0 Å². The van der Waals surface area contributed by atoms with Crippen LogP contribution < -0.4 is 9.80 Å². The molecule has 0 saturated carbocycles. The highest BCUT2D eigenvalue weighted by molar-refractivity contribution is 5.94. The molecule has 0 spiro atoms. The third kappa shape index (κ3) is 14.7. The molecule has 0 unspecified atom stereocenters. The third-order valence-electron chi connectivity index (χ3n) is 22.9. The summed E-state index contributed by atoms with van der Waals surface area (Å²) in [5, 5.41) is 0. The lowest BCUT2D eigenvalue weighted by molar-refractivity contribution is 0.768. The predicted octanol–water partition coefficient (Wildman–Crippen LogP) is 31.3. The minimum absolute atomic E-state index is 0.457. The number of rotatable bonds is 18. The summed E-state index contributed by atoms with van der Waals surface area (Å²) in [6, 6.07) is 180. The average Bonchev–Trinajstić information content (AvgIpc) is 1.54. The first kappa shape index (κ1) is 72.1. The van der Waals surface area contributed by atoms with Crippen molar-refractivity contribution in [3.05, 3.63) is 520 Å². The number of hydrogen-bond acceptors (Lipinski definition) is 2. The van der Waals surface area contributed by atoms with Crippen LogP contribution in [-0.2, 0) is 5.41 Å². The van der Waals surface area contributed by atoms with E-state index in [1.807, 2.05) is 0 Å². The Morgan fingerprint density at radius 3 is 0.667 bits per heavy atom. The minimum atomic E-state index is -0.457. The highest BCUT2D eigenvalue weighted by Gasteiger charge is 2.46. The second kappa shape index (κ2) is 32.8. The van der Waals surface area contributed by atoms with E-state index >= 15 is 0 Å². The highest BCUT2D eigenvalue weighted by Crippen LogP contribution is 2.58. The summed E-state index contributed by atoms with van der Waals surface area (Å²) >= 11 is 0. The number of anilines is 6. The smallest absolute Gasteiger partial charge is 0.0713 e. The van der Waals surface area contributed by atoms with Crippen LogP contribution in [0.3, 0.4) is 0 Å². The normalized spacial score (nSPS) is 11.7. The van der Waals surface area contributed by atoms with Crippen molar-refractivity contribution in [2.75, 3.05) is 9.80 Å². The van der Waals surface area contributed by atoms with Crippen LogP contribution in [0.5, 0.6) is 0 Å². The van der Waals surface area contributed by atoms with Gasteiger partial charge in [0, 0.05) is 34.1 Å². The molecule has 19 aromatic carbocycles. The summed E-state index contributed by atoms with van der Waals surface area (Å²) in [4.78, 5) is 4.74. The molecule has 1 aliphatic rings. The molecule has 19 aromatic rings. The zero-order valence-electron chi connectivity index (χ0n) is 64.7. The van der Waals surface area contributed by atoms with Crippen molar-refractivity contribution in [1.29, 1.82) is 0 Å². The third-order valence-corrected chi connectivity index (χ3v) is 22.9. The standard InChI is InChI=1S/C61H43N.C54H39N/c1-6-18-44(19-7-1)46-30-35-52(36-31-46)62(53-37-32-48(33-38-53)57-42-49(45-20-8-2-9-21-45)34-40-55(57)47-22-10-3-11-23-47)54-39-41-60-58(43-54)56-28-16-17-29-59(56)61(60,50-24-12-4-13-25-50)51-26-14-5-15-27-51;1-5-13-40(14-6-1)44-25-32-50(33-26-44)55(51-34-27-45(28-35-51)41-15-7-2-8-16-41)52-36-29-46(30-37-52)43-21-23-48(24-22-43)54-39-49(42-17-9-3-10-18-42)31-38-53(54)47-19-11-4-12-20-47/h1-43H;1-39H. The van der Waals surface area contributed by atoms with E-state index in [2.05, 4.69) is 507 Å². The van der Waals surface area contributed by atoms with Gasteiger partial charge in [-0.2, -0.15) is 0 Å². The fraction of sp³-hybridized carbons (Fsp3) is 0.00870. The van der Waals surface area contributed by atoms with Crippen LogP contribution in [0.4, 0.5) is 34.1 Å². The highest BCUT2D eigenvalue weighted by atomic mass is 15.1.